The van der Waals surface area contributed by atoms with Crippen molar-refractivity contribution in [3.63, 3.8) is 0 Å². The zero-order chi connectivity index (χ0) is 26.0. The van der Waals surface area contributed by atoms with Crippen molar-refractivity contribution in [3.8, 4) is 5.75 Å². The summed E-state index contributed by atoms with van der Waals surface area (Å²) in [5.41, 5.74) is -1.28. The highest BCUT2D eigenvalue weighted by Crippen LogP contribution is 2.33. The zero-order valence-corrected chi connectivity index (χ0v) is 18.8. The minimum Gasteiger partial charge on any atom is -0.497 e. The molecule has 0 fully saturated rings. The third kappa shape index (κ3) is 4.82. The number of fused-ring (bicyclic) bond motifs is 1. The minimum atomic E-state index is -0.981. The number of carbonyl (C=O) groups excluding carboxylic acids is 1. The Kier molecular flexibility index (Phi) is 6.34. The predicted octanol–water partition coefficient (Wildman–Crippen LogP) is 4.30. The summed E-state index contributed by atoms with van der Waals surface area (Å²) >= 11 is 1.02. The summed E-state index contributed by atoms with van der Waals surface area (Å²) in [5.74, 6) is -1.09. The Bertz CT molecular complexity index is 1530. The number of nitro groups is 3. The molecule has 16 heteroatoms. The number of thiazole rings is 1. The van der Waals surface area contributed by atoms with Crippen LogP contribution in [0.15, 0.2) is 58.0 Å². The number of rotatable bonds is 8. The van der Waals surface area contributed by atoms with Crippen molar-refractivity contribution in [2.75, 3.05) is 12.1 Å². The van der Waals surface area contributed by atoms with Crippen LogP contribution in [0.25, 0.3) is 10.2 Å². The summed E-state index contributed by atoms with van der Waals surface area (Å²) < 4.78 is 10.8. The van der Waals surface area contributed by atoms with Gasteiger partial charge in [0.25, 0.3) is 17.3 Å². The van der Waals surface area contributed by atoms with Crippen molar-refractivity contribution >= 4 is 56.1 Å². The average molecular weight is 512 g/mol. The first-order chi connectivity index (χ1) is 17.2. The largest absolute Gasteiger partial charge is 0.497 e. The number of amides is 1. The average Bonchev–Trinajstić information content (AvgIpc) is 3.50. The van der Waals surface area contributed by atoms with E-state index in [9.17, 15) is 35.1 Å². The van der Waals surface area contributed by atoms with Crippen LogP contribution in [0.3, 0.4) is 0 Å². The standard InChI is InChI=1S/C20H12N6O9S/c1-34-14-2-4-16-17(9-14)36-20(22-16)23(21-10-15-3-5-18(35-15)26(32)33)19(27)11-6-12(24(28)29)8-13(7-11)25(30)31/h2-10H,1H3/b21-10+. The van der Waals surface area contributed by atoms with Gasteiger partial charge in [-0.05, 0) is 24.3 Å². The molecule has 0 spiro atoms. The first kappa shape index (κ1) is 23.9. The fourth-order valence-electron chi connectivity index (χ4n) is 2.98. The number of methoxy groups -OCH3 is 1. The number of carbonyl (C=O) groups is 1. The van der Waals surface area contributed by atoms with E-state index in [1.54, 1.807) is 18.2 Å². The van der Waals surface area contributed by atoms with E-state index in [0.29, 0.717) is 16.0 Å². The highest BCUT2D eigenvalue weighted by atomic mass is 32.1. The first-order valence-corrected chi connectivity index (χ1v) is 10.5. The van der Waals surface area contributed by atoms with Gasteiger partial charge in [0.15, 0.2) is 5.76 Å². The molecule has 2 heterocycles. The lowest BCUT2D eigenvalue weighted by molar-refractivity contribution is -0.402. The van der Waals surface area contributed by atoms with E-state index >= 15 is 0 Å². The van der Waals surface area contributed by atoms with Gasteiger partial charge in [-0.25, -0.2) is 4.98 Å². The molecule has 0 saturated heterocycles. The van der Waals surface area contributed by atoms with Crippen LogP contribution in [0.1, 0.15) is 16.1 Å². The van der Waals surface area contributed by atoms with Gasteiger partial charge in [-0.1, -0.05) is 11.3 Å². The van der Waals surface area contributed by atoms with Gasteiger partial charge in [-0.15, -0.1) is 0 Å². The quantitative estimate of drug-likeness (QED) is 0.186. The Hall–Kier alpha value is -5.25. The molecular weight excluding hydrogens is 500 g/mol. The number of ether oxygens (including phenoxy) is 1. The number of aromatic nitrogens is 1. The van der Waals surface area contributed by atoms with Crippen molar-refractivity contribution in [3.05, 3.63) is 90.2 Å². The molecule has 0 aliphatic carbocycles. The van der Waals surface area contributed by atoms with Crippen LogP contribution in [-0.2, 0) is 0 Å². The van der Waals surface area contributed by atoms with E-state index in [1.807, 2.05) is 0 Å². The molecule has 0 saturated carbocycles. The number of benzene rings is 2. The van der Waals surface area contributed by atoms with Crippen LogP contribution < -0.4 is 9.75 Å². The van der Waals surface area contributed by atoms with Crippen LogP contribution in [0.2, 0.25) is 0 Å². The number of nitrogens with zero attached hydrogens (tertiary/aromatic N) is 6. The Morgan fingerprint density at radius 1 is 1.03 bits per heavy atom. The number of hydrazone groups is 1. The Morgan fingerprint density at radius 3 is 2.31 bits per heavy atom. The molecule has 0 unspecified atom stereocenters. The van der Waals surface area contributed by atoms with Crippen molar-refractivity contribution in [1.82, 2.24) is 4.98 Å². The first-order valence-electron chi connectivity index (χ1n) is 9.67. The number of hydrogen-bond acceptors (Lipinski definition) is 12. The lowest BCUT2D eigenvalue weighted by Gasteiger charge is -2.13. The van der Waals surface area contributed by atoms with Gasteiger partial charge in [0.1, 0.15) is 10.7 Å². The molecule has 0 N–H and O–H groups in total. The van der Waals surface area contributed by atoms with Crippen LogP contribution in [0.4, 0.5) is 22.4 Å². The highest BCUT2D eigenvalue weighted by molar-refractivity contribution is 7.22. The lowest BCUT2D eigenvalue weighted by atomic mass is 10.1. The Balaban J connectivity index is 1.82. The number of non-ortho nitro benzene ring substituents is 2. The summed E-state index contributed by atoms with van der Waals surface area (Å²) in [5, 5.41) is 38.2. The molecule has 1 amide bonds. The second-order valence-corrected chi connectivity index (χ2v) is 7.89. The zero-order valence-electron chi connectivity index (χ0n) is 18.0. The molecule has 182 valence electrons. The van der Waals surface area contributed by atoms with Gasteiger partial charge in [0, 0.05) is 12.1 Å². The van der Waals surface area contributed by atoms with Crippen LogP contribution in [-0.4, -0.2) is 39.0 Å². The van der Waals surface area contributed by atoms with Gasteiger partial charge in [0.05, 0.1) is 51.1 Å². The highest BCUT2D eigenvalue weighted by Gasteiger charge is 2.26. The number of nitro benzene ring substituents is 2. The van der Waals surface area contributed by atoms with E-state index in [2.05, 4.69) is 10.1 Å². The molecule has 0 radical (unpaired) electrons. The maximum absolute atomic E-state index is 13.4. The molecule has 0 atom stereocenters. The van der Waals surface area contributed by atoms with Crippen LogP contribution in [0, 0.1) is 30.3 Å². The molecule has 4 rings (SSSR count). The topological polar surface area (TPSA) is 197 Å². The molecule has 4 aromatic rings. The molecular formula is C20H12N6O9S. The van der Waals surface area contributed by atoms with Gasteiger partial charge < -0.3 is 9.15 Å². The van der Waals surface area contributed by atoms with Crippen molar-refractivity contribution in [2.24, 2.45) is 5.10 Å². The monoisotopic (exact) mass is 512 g/mol. The Morgan fingerprint density at radius 2 is 1.72 bits per heavy atom. The second kappa shape index (κ2) is 9.55. The molecule has 0 aliphatic heterocycles. The molecule has 2 aromatic carbocycles. The van der Waals surface area contributed by atoms with Crippen molar-refractivity contribution in [1.29, 1.82) is 0 Å². The SMILES string of the molecule is COc1ccc2nc(N(/N=C/c3ccc([N+](=O)[O-])o3)C(=O)c3cc([N+](=O)[O-])cc([N+](=O)[O-])c3)sc2c1. The third-order valence-corrected chi connectivity index (χ3v) is 5.62. The molecule has 36 heavy (non-hydrogen) atoms. The van der Waals surface area contributed by atoms with Crippen molar-refractivity contribution < 1.29 is 28.7 Å². The van der Waals surface area contributed by atoms with E-state index < -0.39 is 43.5 Å². The van der Waals surface area contributed by atoms with E-state index in [-0.39, 0.29) is 10.9 Å². The number of furan rings is 1. The van der Waals surface area contributed by atoms with Crippen molar-refractivity contribution in [2.45, 2.75) is 0 Å². The molecule has 15 nitrogen and oxygen atoms in total. The molecule has 0 bridgehead atoms. The maximum atomic E-state index is 13.4. The summed E-state index contributed by atoms with van der Waals surface area (Å²) in [7, 11) is 1.47. The van der Waals surface area contributed by atoms with Gasteiger partial charge in [-0.2, -0.15) is 10.1 Å². The van der Waals surface area contributed by atoms with Crippen LogP contribution >= 0.6 is 11.3 Å². The van der Waals surface area contributed by atoms with Gasteiger partial charge >= 0.3 is 5.88 Å². The number of hydrogen-bond donors (Lipinski definition) is 0. The van der Waals surface area contributed by atoms with E-state index in [4.69, 9.17) is 9.15 Å². The molecule has 0 aliphatic rings. The predicted molar refractivity (Wildman–Crippen MR) is 126 cm³/mol. The second-order valence-electron chi connectivity index (χ2n) is 6.88. The summed E-state index contributed by atoms with van der Waals surface area (Å²) in [4.78, 5) is 48.7. The fraction of sp³-hybridized carbons (Fsp3) is 0.0500. The Labute approximate surface area is 203 Å². The number of anilines is 1. The van der Waals surface area contributed by atoms with Gasteiger partial charge in [-0.3, -0.25) is 35.1 Å². The lowest BCUT2D eigenvalue weighted by Crippen LogP contribution is -2.25. The fourth-order valence-corrected chi connectivity index (χ4v) is 3.93. The summed E-state index contributed by atoms with van der Waals surface area (Å²) in [6.45, 7) is 0. The van der Waals surface area contributed by atoms with E-state index in [1.165, 1.54) is 13.2 Å². The van der Waals surface area contributed by atoms with Gasteiger partial charge in [0.2, 0.25) is 5.13 Å². The smallest absolute Gasteiger partial charge is 0.433 e. The van der Waals surface area contributed by atoms with E-state index in [0.717, 1.165) is 46.8 Å². The third-order valence-electron chi connectivity index (χ3n) is 4.62. The van der Waals surface area contributed by atoms with Crippen LogP contribution in [0.5, 0.6) is 5.75 Å². The maximum Gasteiger partial charge on any atom is 0.433 e. The summed E-state index contributed by atoms with van der Waals surface area (Å²) in [6.07, 6.45) is 1.00. The summed E-state index contributed by atoms with van der Waals surface area (Å²) in [6, 6.07) is 9.72. The minimum absolute atomic E-state index is 0.00900. The normalized spacial score (nSPS) is 11.0. The molecule has 2 aromatic heterocycles.